The molecule has 24 heavy (non-hydrogen) atoms. The molecule has 0 saturated heterocycles. The van der Waals surface area contributed by atoms with Crippen LogP contribution in [0.3, 0.4) is 0 Å². The van der Waals surface area contributed by atoms with E-state index in [1.807, 2.05) is 19.9 Å². The van der Waals surface area contributed by atoms with E-state index >= 15 is 0 Å². The highest BCUT2D eigenvalue weighted by molar-refractivity contribution is 6.09. The molecular weight excluding hydrogens is 300 g/mol. The van der Waals surface area contributed by atoms with Gasteiger partial charge >= 0.3 is 0 Å². The zero-order chi connectivity index (χ0) is 17.3. The molecule has 4 heteroatoms. The second-order valence-electron chi connectivity index (χ2n) is 6.00. The fourth-order valence-electron chi connectivity index (χ4n) is 3.30. The maximum absolute atomic E-state index is 13.0. The number of benzene rings is 1. The van der Waals surface area contributed by atoms with Gasteiger partial charge in [-0.2, -0.15) is 5.26 Å². The highest BCUT2D eigenvalue weighted by Crippen LogP contribution is 2.41. The standard InChI is InChI=1S/C20H18N2O2/c1-3-20(4-2)12-17(22-10-6-5-7-18(22)23)16-11-14(13-21)8-9-15(16)19(20)24/h5-12H,3-4H2,1-2H3. The van der Waals surface area contributed by atoms with E-state index in [4.69, 9.17) is 0 Å². The van der Waals surface area contributed by atoms with Gasteiger partial charge in [0.05, 0.1) is 22.7 Å². The lowest BCUT2D eigenvalue weighted by Gasteiger charge is -2.33. The number of hydrogen-bond donors (Lipinski definition) is 0. The Morgan fingerprint density at radius 2 is 1.83 bits per heavy atom. The third kappa shape index (κ3) is 2.30. The molecule has 1 aromatic carbocycles. The normalized spacial score (nSPS) is 15.4. The van der Waals surface area contributed by atoms with Crippen molar-refractivity contribution in [2.45, 2.75) is 26.7 Å². The molecule has 3 rings (SSSR count). The largest absolute Gasteiger partial charge is 0.293 e. The zero-order valence-corrected chi connectivity index (χ0v) is 13.7. The number of allylic oxidation sites excluding steroid dienone is 1. The maximum Gasteiger partial charge on any atom is 0.255 e. The molecule has 1 aliphatic rings. The third-order valence-corrected chi connectivity index (χ3v) is 4.88. The van der Waals surface area contributed by atoms with Gasteiger partial charge in [-0.05, 0) is 43.2 Å². The Balaban J connectivity index is 2.37. The Bertz CT molecular complexity index is 941. The fourth-order valence-corrected chi connectivity index (χ4v) is 3.30. The Morgan fingerprint density at radius 1 is 1.08 bits per heavy atom. The topological polar surface area (TPSA) is 62.9 Å². The summed E-state index contributed by atoms with van der Waals surface area (Å²) in [4.78, 5) is 25.4. The van der Waals surface area contributed by atoms with Crippen molar-refractivity contribution in [1.82, 2.24) is 4.57 Å². The lowest BCUT2D eigenvalue weighted by molar-refractivity contribution is 0.0837. The summed E-state index contributed by atoms with van der Waals surface area (Å²) >= 11 is 0. The first-order valence-electron chi connectivity index (χ1n) is 8.06. The summed E-state index contributed by atoms with van der Waals surface area (Å²) in [5, 5.41) is 9.19. The monoisotopic (exact) mass is 318 g/mol. The Labute approximate surface area is 140 Å². The first-order valence-corrected chi connectivity index (χ1v) is 8.06. The average Bonchev–Trinajstić information content (AvgIpc) is 2.63. The van der Waals surface area contributed by atoms with Gasteiger partial charge in [-0.15, -0.1) is 0 Å². The molecule has 0 radical (unpaired) electrons. The van der Waals surface area contributed by atoms with Gasteiger partial charge in [-0.3, -0.25) is 14.2 Å². The van der Waals surface area contributed by atoms with Gasteiger partial charge in [0.15, 0.2) is 5.78 Å². The van der Waals surface area contributed by atoms with E-state index in [9.17, 15) is 14.9 Å². The smallest absolute Gasteiger partial charge is 0.255 e. The number of hydrogen-bond acceptors (Lipinski definition) is 3. The van der Waals surface area contributed by atoms with E-state index < -0.39 is 5.41 Å². The molecule has 1 heterocycles. The molecule has 0 spiro atoms. The summed E-state index contributed by atoms with van der Waals surface area (Å²) in [6.07, 6.45) is 4.92. The van der Waals surface area contributed by atoms with Crippen LogP contribution in [0.5, 0.6) is 0 Å². The molecule has 4 nitrogen and oxygen atoms in total. The molecule has 1 aromatic heterocycles. The van der Waals surface area contributed by atoms with Gasteiger partial charge in [0.1, 0.15) is 0 Å². The van der Waals surface area contributed by atoms with Crippen molar-refractivity contribution in [3.63, 3.8) is 0 Å². The van der Waals surface area contributed by atoms with Crippen LogP contribution in [0.25, 0.3) is 5.70 Å². The van der Waals surface area contributed by atoms with Crippen molar-refractivity contribution < 1.29 is 4.79 Å². The summed E-state index contributed by atoms with van der Waals surface area (Å²) in [5.74, 6) is 0.0553. The maximum atomic E-state index is 13.0. The summed E-state index contributed by atoms with van der Waals surface area (Å²) in [5.41, 5.74) is 1.59. The van der Waals surface area contributed by atoms with Crippen LogP contribution in [-0.2, 0) is 0 Å². The molecule has 0 aliphatic heterocycles. The number of pyridine rings is 1. The Kier molecular flexibility index (Phi) is 3.94. The molecule has 0 atom stereocenters. The highest BCUT2D eigenvalue weighted by Gasteiger charge is 2.39. The van der Waals surface area contributed by atoms with Crippen molar-refractivity contribution in [3.8, 4) is 6.07 Å². The van der Waals surface area contributed by atoms with Gasteiger partial charge < -0.3 is 0 Å². The number of carbonyl (C=O) groups excluding carboxylic acids is 1. The SMILES string of the molecule is CCC1(CC)C=C(n2ccccc2=O)c2cc(C#N)ccc2C1=O. The van der Waals surface area contributed by atoms with Crippen LogP contribution < -0.4 is 5.56 Å². The molecular formula is C20H18N2O2. The van der Waals surface area contributed by atoms with Gasteiger partial charge in [0, 0.05) is 23.4 Å². The fraction of sp³-hybridized carbons (Fsp3) is 0.250. The summed E-state index contributed by atoms with van der Waals surface area (Å²) < 4.78 is 1.55. The van der Waals surface area contributed by atoms with Crippen LogP contribution in [0, 0.1) is 16.7 Å². The molecule has 1 aliphatic carbocycles. The van der Waals surface area contributed by atoms with E-state index in [1.54, 1.807) is 41.1 Å². The number of carbonyl (C=O) groups is 1. The molecule has 120 valence electrons. The number of nitriles is 1. The highest BCUT2D eigenvalue weighted by atomic mass is 16.1. The number of aromatic nitrogens is 1. The summed E-state index contributed by atoms with van der Waals surface area (Å²) in [6.45, 7) is 3.97. The van der Waals surface area contributed by atoms with Crippen molar-refractivity contribution in [2.75, 3.05) is 0 Å². The quantitative estimate of drug-likeness (QED) is 0.868. The Hall–Kier alpha value is -2.93. The number of fused-ring (bicyclic) bond motifs is 1. The zero-order valence-electron chi connectivity index (χ0n) is 13.7. The minimum Gasteiger partial charge on any atom is -0.293 e. The van der Waals surface area contributed by atoms with Gasteiger partial charge in [-0.25, -0.2) is 0 Å². The lowest BCUT2D eigenvalue weighted by Crippen LogP contribution is -2.34. The first kappa shape index (κ1) is 15.9. The molecule has 0 saturated carbocycles. The van der Waals surface area contributed by atoms with Crippen molar-refractivity contribution >= 4 is 11.5 Å². The van der Waals surface area contributed by atoms with Crippen LogP contribution in [0.15, 0.2) is 53.5 Å². The van der Waals surface area contributed by atoms with Gasteiger partial charge in [0.2, 0.25) is 0 Å². The Morgan fingerprint density at radius 3 is 2.46 bits per heavy atom. The van der Waals surface area contributed by atoms with Crippen molar-refractivity contribution in [2.24, 2.45) is 5.41 Å². The van der Waals surface area contributed by atoms with Gasteiger partial charge in [-0.1, -0.05) is 19.9 Å². The van der Waals surface area contributed by atoms with Crippen LogP contribution in [0.2, 0.25) is 0 Å². The van der Waals surface area contributed by atoms with E-state index in [0.29, 0.717) is 35.2 Å². The average molecular weight is 318 g/mol. The molecule has 0 bridgehead atoms. The summed E-state index contributed by atoms with van der Waals surface area (Å²) in [7, 11) is 0. The molecule has 0 unspecified atom stereocenters. The van der Waals surface area contributed by atoms with Crippen LogP contribution in [0.1, 0.15) is 48.2 Å². The lowest BCUT2D eigenvalue weighted by atomic mass is 9.70. The van der Waals surface area contributed by atoms with Gasteiger partial charge in [0.25, 0.3) is 5.56 Å². The van der Waals surface area contributed by atoms with Crippen LogP contribution >= 0.6 is 0 Å². The molecule has 2 aromatic rings. The predicted octanol–water partition coefficient (Wildman–Crippen LogP) is 3.61. The van der Waals surface area contributed by atoms with Crippen molar-refractivity contribution in [3.05, 3.63) is 75.7 Å². The third-order valence-electron chi connectivity index (χ3n) is 4.88. The van der Waals surface area contributed by atoms with E-state index in [2.05, 4.69) is 6.07 Å². The summed E-state index contributed by atoms with van der Waals surface area (Å²) in [6, 6.07) is 12.1. The minimum atomic E-state index is -0.619. The number of rotatable bonds is 3. The molecule has 0 fully saturated rings. The number of ketones is 1. The number of Topliss-reactive ketones (excluding diaryl/α,β-unsaturated/α-hetero) is 1. The molecule has 0 amide bonds. The van der Waals surface area contributed by atoms with Crippen LogP contribution in [0.4, 0.5) is 0 Å². The van der Waals surface area contributed by atoms with E-state index in [-0.39, 0.29) is 11.3 Å². The number of nitrogens with zero attached hydrogens (tertiary/aromatic N) is 2. The van der Waals surface area contributed by atoms with Crippen molar-refractivity contribution in [1.29, 1.82) is 5.26 Å². The minimum absolute atomic E-state index is 0.0553. The first-order chi connectivity index (χ1) is 11.6. The second kappa shape index (κ2) is 5.93. The van der Waals surface area contributed by atoms with E-state index in [1.165, 1.54) is 6.07 Å². The second-order valence-corrected chi connectivity index (χ2v) is 6.00. The van der Waals surface area contributed by atoms with Crippen LogP contribution in [-0.4, -0.2) is 10.4 Å². The molecule has 0 N–H and O–H groups in total. The predicted molar refractivity (Wildman–Crippen MR) is 92.6 cm³/mol. The van der Waals surface area contributed by atoms with E-state index in [0.717, 1.165) is 0 Å².